The van der Waals surface area contributed by atoms with Crippen LogP contribution in [0.25, 0.3) is 0 Å². The summed E-state index contributed by atoms with van der Waals surface area (Å²) in [5.74, 6) is 1.24. The van der Waals surface area contributed by atoms with E-state index in [0.29, 0.717) is 6.42 Å². The Morgan fingerprint density at radius 3 is 2.80 bits per heavy atom. The number of nitrogens with one attached hydrogen (secondary N) is 1. The van der Waals surface area contributed by atoms with Crippen molar-refractivity contribution in [3.8, 4) is 0 Å². The minimum Gasteiger partial charge on any atom is -0.390 e. The maximum Gasteiger partial charge on any atom is 0.233 e. The Bertz CT molecular complexity index is 475. The van der Waals surface area contributed by atoms with Gasteiger partial charge in [0, 0.05) is 6.42 Å². The molecule has 3 nitrogen and oxygen atoms in total. The van der Waals surface area contributed by atoms with Crippen molar-refractivity contribution in [1.82, 2.24) is 5.32 Å². The quantitative estimate of drug-likeness (QED) is 0.877. The number of thioether (sulfide) groups is 1. The summed E-state index contributed by atoms with van der Waals surface area (Å²) in [6, 6.07) is 7.67. The lowest BCUT2D eigenvalue weighted by Gasteiger charge is -2.24. The first-order valence-corrected chi connectivity index (χ1v) is 8.27. The lowest BCUT2D eigenvalue weighted by atomic mass is 10.1. The number of benzene rings is 1. The van der Waals surface area contributed by atoms with Crippen LogP contribution in [-0.2, 0) is 11.2 Å². The highest BCUT2D eigenvalue weighted by atomic mass is 32.2. The average Bonchev–Trinajstić information content (AvgIpc) is 2.72. The van der Waals surface area contributed by atoms with Crippen molar-refractivity contribution >= 4 is 17.7 Å². The fourth-order valence-corrected chi connectivity index (χ4v) is 3.70. The maximum absolute atomic E-state index is 12.4. The van der Waals surface area contributed by atoms with Crippen LogP contribution in [0.15, 0.2) is 24.3 Å². The number of fused-ring (bicyclic) bond motifs is 1. The molecular weight excluding hydrogens is 270 g/mol. The van der Waals surface area contributed by atoms with Crippen LogP contribution in [0.1, 0.15) is 37.9 Å². The van der Waals surface area contributed by atoms with E-state index >= 15 is 0 Å². The number of hydrogen-bond donors (Lipinski definition) is 2. The Labute approximate surface area is 125 Å². The first kappa shape index (κ1) is 15.4. The van der Waals surface area contributed by atoms with Gasteiger partial charge < -0.3 is 10.4 Å². The summed E-state index contributed by atoms with van der Waals surface area (Å²) < 4.78 is 0. The third kappa shape index (κ3) is 3.18. The van der Waals surface area contributed by atoms with E-state index in [2.05, 4.69) is 26.1 Å². The molecule has 0 aliphatic heterocycles. The highest BCUT2D eigenvalue weighted by molar-refractivity contribution is 8.00. The molecule has 4 heteroatoms. The van der Waals surface area contributed by atoms with E-state index in [1.54, 1.807) is 11.8 Å². The standard InChI is InChI=1S/C16H23NO2S/c1-4-20-15(10(2)3)16(19)17-14-12-8-6-5-7-11(12)9-13(14)18/h5-8,10,13-15,18H,4,9H2,1-3H3,(H,17,19)/t13-,14+,15+/m1/s1. The fourth-order valence-electron chi connectivity index (χ4n) is 2.73. The molecule has 1 aromatic carbocycles. The topological polar surface area (TPSA) is 49.3 Å². The van der Waals surface area contributed by atoms with Crippen molar-refractivity contribution in [2.45, 2.75) is 44.6 Å². The van der Waals surface area contributed by atoms with E-state index in [9.17, 15) is 9.90 Å². The fraction of sp³-hybridized carbons (Fsp3) is 0.562. The molecule has 0 saturated heterocycles. The van der Waals surface area contributed by atoms with E-state index in [1.165, 1.54) is 0 Å². The second kappa shape index (κ2) is 6.64. The summed E-state index contributed by atoms with van der Waals surface area (Å²) in [6.45, 7) is 6.19. The van der Waals surface area contributed by atoms with E-state index < -0.39 is 6.10 Å². The molecule has 0 fully saturated rings. The van der Waals surface area contributed by atoms with Crippen LogP contribution in [-0.4, -0.2) is 28.1 Å². The van der Waals surface area contributed by atoms with Gasteiger partial charge in [0.05, 0.1) is 17.4 Å². The summed E-state index contributed by atoms with van der Waals surface area (Å²) in [5, 5.41) is 13.2. The Morgan fingerprint density at radius 1 is 1.45 bits per heavy atom. The van der Waals surface area contributed by atoms with Crippen LogP contribution in [0.5, 0.6) is 0 Å². The molecule has 0 bridgehead atoms. The maximum atomic E-state index is 12.4. The van der Waals surface area contributed by atoms with E-state index in [1.807, 2.05) is 24.3 Å². The van der Waals surface area contributed by atoms with E-state index in [4.69, 9.17) is 0 Å². The smallest absolute Gasteiger partial charge is 0.233 e. The summed E-state index contributed by atoms with van der Waals surface area (Å²) in [7, 11) is 0. The summed E-state index contributed by atoms with van der Waals surface area (Å²) in [5.41, 5.74) is 2.19. The number of aliphatic hydroxyl groups is 1. The normalized spacial score (nSPS) is 22.6. The molecule has 3 atom stereocenters. The van der Waals surface area contributed by atoms with Crippen LogP contribution in [0.3, 0.4) is 0 Å². The Balaban J connectivity index is 2.11. The second-order valence-electron chi connectivity index (χ2n) is 5.58. The van der Waals surface area contributed by atoms with Crippen molar-refractivity contribution < 1.29 is 9.90 Å². The van der Waals surface area contributed by atoms with E-state index in [0.717, 1.165) is 16.9 Å². The van der Waals surface area contributed by atoms with Crippen molar-refractivity contribution in [2.75, 3.05) is 5.75 Å². The largest absolute Gasteiger partial charge is 0.390 e. The molecule has 0 aromatic heterocycles. The monoisotopic (exact) mass is 293 g/mol. The second-order valence-corrected chi connectivity index (χ2v) is 7.00. The number of carbonyl (C=O) groups is 1. The average molecular weight is 293 g/mol. The van der Waals surface area contributed by atoms with Gasteiger partial charge in [0.1, 0.15) is 0 Å². The molecule has 20 heavy (non-hydrogen) atoms. The third-order valence-electron chi connectivity index (χ3n) is 3.71. The first-order valence-electron chi connectivity index (χ1n) is 7.22. The molecule has 0 spiro atoms. The van der Waals surface area contributed by atoms with Crippen LogP contribution in [0.4, 0.5) is 0 Å². The first-order chi connectivity index (χ1) is 9.54. The number of hydrogen-bond acceptors (Lipinski definition) is 3. The van der Waals surface area contributed by atoms with Gasteiger partial charge in [-0.15, -0.1) is 11.8 Å². The zero-order chi connectivity index (χ0) is 14.7. The Kier molecular flexibility index (Phi) is 5.11. The Hall–Kier alpha value is -1.00. The molecule has 0 saturated carbocycles. The van der Waals surface area contributed by atoms with Crippen molar-refractivity contribution in [3.63, 3.8) is 0 Å². The molecule has 1 aromatic rings. The number of aliphatic hydroxyl groups excluding tert-OH is 1. The summed E-state index contributed by atoms with van der Waals surface area (Å²) in [4.78, 5) is 12.4. The lowest BCUT2D eigenvalue weighted by molar-refractivity contribution is -0.122. The van der Waals surface area contributed by atoms with Gasteiger partial charge in [-0.05, 0) is 22.8 Å². The molecule has 2 rings (SSSR count). The van der Waals surface area contributed by atoms with Gasteiger partial charge in [0.2, 0.25) is 5.91 Å². The van der Waals surface area contributed by atoms with Gasteiger partial charge in [-0.3, -0.25) is 4.79 Å². The minimum atomic E-state index is -0.518. The van der Waals surface area contributed by atoms with Gasteiger partial charge >= 0.3 is 0 Å². The molecule has 0 unspecified atom stereocenters. The molecule has 0 radical (unpaired) electrons. The van der Waals surface area contributed by atoms with Gasteiger partial charge in [-0.1, -0.05) is 45.0 Å². The van der Waals surface area contributed by atoms with Gasteiger partial charge in [-0.25, -0.2) is 0 Å². The SMILES string of the molecule is CCS[C@H](C(=O)N[C@H]1c2ccccc2C[C@H]1O)C(C)C. The van der Waals surface area contributed by atoms with Gasteiger partial charge in [0.25, 0.3) is 0 Å². The third-order valence-corrected chi connectivity index (χ3v) is 5.16. The highest BCUT2D eigenvalue weighted by Gasteiger charge is 2.34. The van der Waals surface area contributed by atoms with Crippen LogP contribution < -0.4 is 5.32 Å². The van der Waals surface area contributed by atoms with Crippen molar-refractivity contribution in [1.29, 1.82) is 0 Å². The summed E-state index contributed by atoms with van der Waals surface area (Å²) >= 11 is 1.66. The van der Waals surface area contributed by atoms with Gasteiger partial charge in [0.15, 0.2) is 0 Å². The predicted octanol–water partition coefficient (Wildman–Crippen LogP) is 2.54. The molecule has 1 aliphatic carbocycles. The zero-order valence-corrected chi connectivity index (χ0v) is 13.1. The molecule has 1 aliphatic rings. The Morgan fingerprint density at radius 2 is 2.15 bits per heavy atom. The summed E-state index contributed by atoms with van der Waals surface area (Å²) in [6.07, 6.45) is 0.102. The predicted molar refractivity (Wildman–Crippen MR) is 83.8 cm³/mol. The number of rotatable bonds is 5. The van der Waals surface area contributed by atoms with Crippen LogP contribution >= 0.6 is 11.8 Å². The molecule has 1 amide bonds. The number of amides is 1. The molecular formula is C16H23NO2S. The van der Waals surface area contributed by atoms with Crippen molar-refractivity contribution in [3.05, 3.63) is 35.4 Å². The van der Waals surface area contributed by atoms with E-state index in [-0.39, 0.29) is 23.1 Å². The van der Waals surface area contributed by atoms with Crippen molar-refractivity contribution in [2.24, 2.45) is 5.92 Å². The van der Waals surface area contributed by atoms with Gasteiger partial charge in [-0.2, -0.15) is 0 Å². The lowest BCUT2D eigenvalue weighted by Crippen LogP contribution is -2.41. The zero-order valence-electron chi connectivity index (χ0n) is 12.3. The minimum absolute atomic E-state index is 0.0348. The molecule has 110 valence electrons. The molecule has 2 N–H and O–H groups in total. The van der Waals surface area contributed by atoms with Crippen LogP contribution in [0, 0.1) is 5.92 Å². The number of carbonyl (C=O) groups excluding carboxylic acids is 1. The molecule has 0 heterocycles. The van der Waals surface area contributed by atoms with Crippen LogP contribution in [0.2, 0.25) is 0 Å². The highest BCUT2D eigenvalue weighted by Crippen LogP contribution is 2.32.